The maximum Gasteiger partial charge on any atom is 0.132 e. The molecule has 0 aliphatic heterocycles. The van der Waals surface area contributed by atoms with Gasteiger partial charge in [-0.1, -0.05) is 6.92 Å². The van der Waals surface area contributed by atoms with Gasteiger partial charge in [-0.3, -0.25) is 4.21 Å². The molecule has 0 spiro atoms. The number of nitrogens with zero attached hydrogens (tertiary/aromatic N) is 2. The average Bonchev–Trinajstić information content (AvgIpc) is 2.33. The van der Waals surface area contributed by atoms with E-state index in [-0.39, 0.29) is 6.04 Å². The molecule has 0 bridgehead atoms. The smallest absolute Gasteiger partial charge is 0.132 e. The topological polar surface area (TPSA) is 66.9 Å². The fourth-order valence-corrected chi connectivity index (χ4v) is 2.34. The summed E-state index contributed by atoms with van der Waals surface area (Å²) in [5, 5.41) is 6.59. The van der Waals surface area contributed by atoms with E-state index in [1.54, 1.807) is 6.26 Å². The highest BCUT2D eigenvalue weighted by Gasteiger charge is 2.06. The lowest BCUT2D eigenvalue weighted by molar-refractivity contribution is 0.678. The van der Waals surface area contributed by atoms with Gasteiger partial charge in [-0.15, -0.1) is 0 Å². The first kappa shape index (κ1) is 15.9. The van der Waals surface area contributed by atoms with E-state index in [4.69, 9.17) is 0 Å². The van der Waals surface area contributed by atoms with Gasteiger partial charge in [0.05, 0.1) is 0 Å². The van der Waals surface area contributed by atoms with Crippen molar-refractivity contribution in [3.63, 3.8) is 0 Å². The number of hydrogen-bond donors (Lipinski definition) is 2. The van der Waals surface area contributed by atoms with Gasteiger partial charge < -0.3 is 10.6 Å². The van der Waals surface area contributed by atoms with Gasteiger partial charge in [0.15, 0.2) is 0 Å². The number of rotatable bonds is 8. The summed E-state index contributed by atoms with van der Waals surface area (Å²) in [5.41, 5.74) is 0. The Bertz CT molecular complexity index is 425. The van der Waals surface area contributed by atoms with Crippen LogP contribution >= 0.6 is 0 Å². The fourth-order valence-electron chi connectivity index (χ4n) is 1.65. The van der Waals surface area contributed by atoms with Gasteiger partial charge >= 0.3 is 0 Å². The van der Waals surface area contributed by atoms with Crippen molar-refractivity contribution in [3.05, 3.63) is 11.9 Å². The zero-order chi connectivity index (χ0) is 14.3. The Morgan fingerprint density at radius 1 is 1.37 bits per heavy atom. The number of nitrogens with one attached hydrogen (secondary N) is 2. The van der Waals surface area contributed by atoms with E-state index in [2.05, 4.69) is 34.4 Å². The summed E-state index contributed by atoms with van der Waals surface area (Å²) in [6.45, 7) is 6.98. The highest BCUT2D eigenvalue weighted by atomic mass is 32.2. The minimum absolute atomic E-state index is 0.247. The summed E-state index contributed by atoms with van der Waals surface area (Å²) in [5.74, 6) is 3.12. The van der Waals surface area contributed by atoms with Crippen molar-refractivity contribution in [2.45, 2.75) is 39.7 Å². The first-order valence-corrected chi connectivity index (χ1v) is 8.40. The lowest BCUT2D eigenvalue weighted by Gasteiger charge is -2.15. The van der Waals surface area contributed by atoms with Crippen molar-refractivity contribution in [3.8, 4) is 0 Å². The van der Waals surface area contributed by atoms with Gasteiger partial charge in [-0.25, -0.2) is 9.97 Å². The number of hydrogen-bond acceptors (Lipinski definition) is 5. The number of anilines is 2. The van der Waals surface area contributed by atoms with E-state index in [0.29, 0.717) is 5.75 Å². The van der Waals surface area contributed by atoms with Gasteiger partial charge in [-0.2, -0.15) is 0 Å². The Kier molecular flexibility index (Phi) is 6.77. The molecule has 1 aromatic rings. The molecule has 2 atom stereocenters. The van der Waals surface area contributed by atoms with Gasteiger partial charge in [-0.05, 0) is 26.7 Å². The molecular weight excluding hydrogens is 260 g/mol. The Morgan fingerprint density at radius 2 is 2.05 bits per heavy atom. The summed E-state index contributed by atoms with van der Waals surface area (Å²) in [4.78, 5) is 8.71. The fraction of sp³-hybridized carbons (Fsp3) is 0.692. The molecule has 0 radical (unpaired) electrons. The minimum atomic E-state index is -0.742. The predicted molar refractivity (Wildman–Crippen MR) is 82.2 cm³/mol. The molecule has 2 unspecified atom stereocenters. The van der Waals surface area contributed by atoms with Crippen LogP contribution in [-0.2, 0) is 10.8 Å². The highest BCUT2D eigenvalue weighted by Crippen LogP contribution is 2.13. The monoisotopic (exact) mass is 284 g/mol. The lowest BCUT2D eigenvalue weighted by atomic mass is 10.2. The van der Waals surface area contributed by atoms with Gasteiger partial charge in [0, 0.05) is 41.5 Å². The minimum Gasteiger partial charge on any atom is -0.370 e. The van der Waals surface area contributed by atoms with Crippen molar-refractivity contribution < 1.29 is 4.21 Å². The maximum absolute atomic E-state index is 11.1. The van der Waals surface area contributed by atoms with Crippen LogP contribution in [-0.4, -0.2) is 38.8 Å². The molecule has 0 amide bonds. The Morgan fingerprint density at radius 3 is 2.68 bits per heavy atom. The first-order chi connectivity index (χ1) is 9.01. The summed E-state index contributed by atoms with van der Waals surface area (Å²) in [6.07, 6.45) is 3.66. The molecule has 0 aromatic carbocycles. The van der Waals surface area contributed by atoms with Crippen LogP contribution in [0.25, 0.3) is 0 Å². The standard InChI is InChI=1S/C13H24N4OS/c1-5-7-14-12-9-13(17-11(3)16-12)15-10(2)6-8-19(4)18/h9-10H,5-8H2,1-4H3,(H2,14,15,16,17). The molecule has 2 N–H and O–H groups in total. The number of aromatic nitrogens is 2. The molecule has 0 saturated carbocycles. The van der Waals surface area contributed by atoms with Crippen molar-refractivity contribution in [2.75, 3.05) is 29.2 Å². The van der Waals surface area contributed by atoms with E-state index < -0.39 is 10.8 Å². The molecule has 0 aliphatic rings. The Labute approximate surface area is 118 Å². The van der Waals surface area contributed by atoms with Crippen LogP contribution in [0.5, 0.6) is 0 Å². The van der Waals surface area contributed by atoms with E-state index >= 15 is 0 Å². The largest absolute Gasteiger partial charge is 0.370 e. The van der Waals surface area contributed by atoms with Gasteiger partial charge in [0.25, 0.3) is 0 Å². The first-order valence-electron chi connectivity index (χ1n) is 6.67. The van der Waals surface area contributed by atoms with Crippen LogP contribution in [0.2, 0.25) is 0 Å². The normalized spacial score (nSPS) is 13.9. The second-order valence-electron chi connectivity index (χ2n) is 4.72. The van der Waals surface area contributed by atoms with E-state index in [1.165, 1.54) is 0 Å². The Balaban J connectivity index is 2.61. The second kappa shape index (κ2) is 8.09. The molecule has 0 saturated heterocycles. The molecular formula is C13H24N4OS. The summed E-state index contributed by atoms with van der Waals surface area (Å²) in [7, 11) is -0.742. The summed E-state index contributed by atoms with van der Waals surface area (Å²) < 4.78 is 11.1. The van der Waals surface area contributed by atoms with E-state index in [9.17, 15) is 4.21 Å². The number of aryl methyl sites for hydroxylation is 1. The third kappa shape index (κ3) is 6.52. The quantitative estimate of drug-likeness (QED) is 0.766. The predicted octanol–water partition coefficient (Wildman–Crippen LogP) is 2.18. The highest BCUT2D eigenvalue weighted by molar-refractivity contribution is 7.84. The van der Waals surface area contributed by atoms with E-state index in [1.807, 2.05) is 13.0 Å². The van der Waals surface area contributed by atoms with Crippen LogP contribution < -0.4 is 10.6 Å². The van der Waals surface area contributed by atoms with Crippen molar-refractivity contribution in [1.29, 1.82) is 0 Å². The SMILES string of the molecule is CCCNc1cc(NC(C)CCS(C)=O)nc(C)n1. The molecule has 0 fully saturated rings. The van der Waals surface area contributed by atoms with Crippen molar-refractivity contribution >= 4 is 22.4 Å². The zero-order valence-electron chi connectivity index (χ0n) is 12.2. The van der Waals surface area contributed by atoms with Crippen molar-refractivity contribution in [2.24, 2.45) is 0 Å². The van der Waals surface area contributed by atoms with E-state index in [0.717, 1.165) is 36.8 Å². The molecule has 0 aliphatic carbocycles. The third-order valence-electron chi connectivity index (χ3n) is 2.63. The molecule has 1 aromatic heterocycles. The zero-order valence-corrected chi connectivity index (χ0v) is 13.0. The van der Waals surface area contributed by atoms with Crippen LogP contribution in [0.3, 0.4) is 0 Å². The summed E-state index contributed by atoms with van der Waals surface area (Å²) in [6, 6.07) is 2.17. The molecule has 19 heavy (non-hydrogen) atoms. The molecule has 5 nitrogen and oxygen atoms in total. The molecule has 108 valence electrons. The lowest BCUT2D eigenvalue weighted by Crippen LogP contribution is -2.19. The van der Waals surface area contributed by atoms with Crippen molar-refractivity contribution in [1.82, 2.24) is 9.97 Å². The maximum atomic E-state index is 11.1. The molecule has 1 rings (SSSR count). The molecule has 6 heteroatoms. The van der Waals surface area contributed by atoms with Gasteiger partial charge in [0.1, 0.15) is 17.5 Å². The average molecular weight is 284 g/mol. The third-order valence-corrected chi connectivity index (χ3v) is 3.44. The van der Waals surface area contributed by atoms with Crippen LogP contribution in [0.15, 0.2) is 6.07 Å². The van der Waals surface area contributed by atoms with Crippen LogP contribution in [0, 0.1) is 6.92 Å². The van der Waals surface area contributed by atoms with Crippen LogP contribution in [0.4, 0.5) is 11.6 Å². The molecule has 1 heterocycles. The van der Waals surface area contributed by atoms with Crippen LogP contribution in [0.1, 0.15) is 32.5 Å². The summed E-state index contributed by atoms with van der Waals surface area (Å²) >= 11 is 0. The second-order valence-corrected chi connectivity index (χ2v) is 6.28. The van der Waals surface area contributed by atoms with Gasteiger partial charge in [0.2, 0.25) is 0 Å². The Hall–Kier alpha value is -1.17.